The molecule has 1 N–H and O–H groups in total. The van der Waals surface area contributed by atoms with Gasteiger partial charge in [0.25, 0.3) is 0 Å². The first kappa shape index (κ1) is 14.1. The first-order valence-electron chi connectivity index (χ1n) is 7.03. The van der Waals surface area contributed by atoms with Crippen LogP contribution in [0.15, 0.2) is 60.8 Å². The number of amides is 1. The molecule has 22 heavy (non-hydrogen) atoms. The molecule has 110 valence electrons. The summed E-state index contributed by atoms with van der Waals surface area (Å²) in [6, 6.07) is 17.1. The third-order valence-electron chi connectivity index (χ3n) is 3.45. The molecule has 4 nitrogen and oxygen atoms in total. The van der Waals surface area contributed by atoms with Gasteiger partial charge in [0, 0.05) is 11.6 Å². The molecule has 1 aromatic heterocycles. The summed E-state index contributed by atoms with van der Waals surface area (Å²) in [5.74, 6) is 0.551. The predicted molar refractivity (Wildman–Crippen MR) is 87.1 cm³/mol. The third-order valence-corrected chi connectivity index (χ3v) is 3.45. The minimum absolute atomic E-state index is 0.0948. The Morgan fingerprint density at radius 3 is 2.77 bits per heavy atom. The number of carbonyl (C=O) groups excluding carboxylic acids is 1. The smallest absolute Gasteiger partial charge is 0.228 e. The number of hydrogen-bond donors (Lipinski definition) is 1. The SMILES string of the molecule is COc1ccccc1NC(=O)Cc1cccc2cccnc12. The van der Waals surface area contributed by atoms with Crippen molar-refractivity contribution in [3.8, 4) is 5.75 Å². The molecule has 0 saturated carbocycles. The molecule has 0 atom stereocenters. The summed E-state index contributed by atoms with van der Waals surface area (Å²) in [6.07, 6.45) is 2.01. The Kier molecular flexibility index (Phi) is 4.01. The molecule has 2 aromatic carbocycles. The van der Waals surface area contributed by atoms with Crippen LogP contribution in [0.3, 0.4) is 0 Å². The molecule has 0 fully saturated rings. The molecule has 0 spiro atoms. The number of anilines is 1. The number of hydrogen-bond acceptors (Lipinski definition) is 3. The van der Waals surface area contributed by atoms with Crippen molar-refractivity contribution < 1.29 is 9.53 Å². The van der Waals surface area contributed by atoms with E-state index in [2.05, 4.69) is 10.3 Å². The number of ether oxygens (including phenoxy) is 1. The zero-order valence-corrected chi connectivity index (χ0v) is 12.2. The summed E-state index contributed by atoms with van der Waals surface area (Å²) in [6.45, 7) is 0. The Morgan fingerprint density at radius 1 is 1.09 bits per heavy atom. The van der Waals surface area contributed by atoms with E-state index in [1.165, 1.54) is 0 Å². The van der Waals surface area contributed by atoms with Gasteiger partial charge >= 0.3 is 0 Å². The van der Waals surface area contributed by atoms with Gasteiger partial charge in [-0.1, -0.05) is 36.4 Å². The number of nitrogens with one attached hydrogen (secondary N) is 1. The number of fused-ring (bicyclic) bond motifs is 1. The summed E-state index contributed by atoms with van der Waals surface area (Å²) in [5, 5.41) is 3.92. The number of rotatable bonds is 4. The molecular formula is C18H16N2O2. The van der Waals surface area contributed by atoms with Crippen molar-refractivity contribution in [3.05, 3.63) is 66.4 Å². The van der Waals surface area contributed by atoms with Crippen molar-refractivity contribution >= 4 is 22.5 Å². The van der Waals surface area contributed by atoms with Crippen LogP contribution in [0.2, 0.25) is 0 Å². The second kappa shape index (κ2) is 6.26. The molecule has 1 heterocycles. The van der Waals surface area contributed by atoms with E-state index >= 15 is 0 Å². The van der Waals surface area contributed by atoms with Crippen molar-refractivity contribution in [2.45, 2.75) is 6.42 Å². The van der Waals surface area contributed by atoms with Crippen LogP contribution in [-0.4, -0.2) is 18.0 Å². The summed E-state index contributed by atoms with van der Waals surface area (Å²) >= 11 is 0. The van der Waals surface area contributed by atoms with Gasteiger partial charge in [0.15, 0.2) is 0 Å². The Morgan fingerprint density at radius 2 is 1.91 bits per heavy atom. The molecule has 0 radical (unpaired) electrons. The fourth-order valence-corrected chi connectivity index (χ4v) is 2.43. The van der Waals surface area contributed by atoms with E-state index in [1.807, 2.05) is 54.6 Å². The van der Waals surface area contributed by atoms with Crippen LogP contribution in [0, 0.1) is 0 Å². The van der Waals surface area contributed by atoms with Gasteiger partial charge in [-0.3, -0.25) is 9.78 Å². The number of carbonyl (C=O) groups is 1. The zero-order valence-electron chi connectivity index (χ0n) is 12.2. The lowest BCUT2D eigenvalue weighted by Crippen LogP contribution is -2.15. The first-order valence-corrected chi connectivity index (χ1v) is 7.03. The molecule has 0 bridgehead atoms. The van der Waals surface area contributed by atoms with Gasteiger partial charge in [0.2, 0.25) is 5.91 Å². The minimum Gasteiger partial charge on any atom is -0.495 e. The lowest BCUT2D eigenvalue weighted by molar-refractivity contribution is -0.115. The van der Waals surface area contributed by atoms with E-state index < -0.39 is 0 Å². The summed E-state index contributed by atoms with van der Waals surface area (Å²) < 4.78 is 5.24. The Bertz CT molecular complexity index is 810. The summed E-state index contributed by atoms with van der Waals surface area (Å²) in [7, 11) is 1.58. The van der Waals surface area contributed by atoms with Gasteiger partial charge in [-0.2, -0.15) is 0 Å². The maximum atomic E-state index is 12.3. The normalized spacial score (nSPS) is 10.4. The first-order chi connectivity index (χ1) is 10.8. The van der Waals surface area contributed by atoms with Crippen molar-refractivity contribution in [3.63, 3.8) is 0 Å². The number of nitrogens with zero attached hydrogens (tertiary/aromatic N) is 1. The van der Waals surface area contributed by atoms with Crippen molar-refractivity contribution in [1.82, 2.24) is 4.98 Å². The highest BCUT2D eigenvalue weighted by molar-refractivity contribution is 5.96. The topological polar surface area (TPSA) is 51.2 Å². The average molecular weight is 292 g/mol. The fourth-order valence-electron chi connectivity index (χ4n) is 2.43. The Labute approximate surface area is 128 Å². The fraction of sp³-hybridized carbons (Fsp3) is 0.111. The minimum atomic E-state index is -0.0948. The van der Waals surface area contributed by atoms with Gasteiger partial charge in [0.05, 0.1) is 24.7 Å². The van der Waals surface area contributed by atoms with Gasteiger partial charge < -0.3 is 10.1 Å². The van der Waals surface area contributed by atoms with Crippen LogP contribution in [0.5, 0.6) is 5.75 Å². The van der Waals surface area contributed by atoms with Crippen molar-refractivity contribution in [2.24, 2.45) is 0 Å². The molecule has 0 unspecified atom stereocenters. The largest absolute Gasteiger partial charge is 0.495 e. The molecule has 0 aliphatic rings. The van der Waals surface area contributed by atoms with E-state index in [0.717, 1.165) is 16.5 Å². The van der Waals surface area contributed by atoms with Gasteiger partial charge in [-0.15, -0.1) is 0 Å². The second-order valence-corrected chi connectivity index (χ2v) is 4.92. The maximum Gasteiger partial charge on any atom is 0.228 e. The van der Waals surface area contributed by atoms with E-state index in [-0.39, 0.29) is 12.3 Å². The molecule has 0 aliphatic heterocycles. The Hall–Kier alpha value is -2.88. The molecule has 4 heteroatoms. The average Bonchev–Trinajstić information content (AvgIpc) is 2.55. The number of pyridine rings is 1. The zero-order chi connectivity index (χ0) is 15.4. The van der Waals surface area contributed by atoms with Crippen LogP contribution < -0.4 is 10.1 Å². The maximum absolute atomic E-state index is 12.3. The summed E-state index contributed by atoms with van der Waals surface area (Å²) in [5.41, 5.74) is 2.44. The highest BCUT2D eigenvalue weighted by Crippen LogP contribution is 2.23. The monoisotopic (exact) mass is 292 g/mol. The van der Waals surface area contributed by atoms with Crippen LogP contribution in [0.4, 0.5) is 5.69 Å². The Balaban J connectivity index is 1.82. The van der Waals surface area contributed by atoms with Crippen LogP contribution in [0.25, 0.3) is 10.9 Å². The molecule has 3 aromatic rings. The number of benzene rings is 2. The van der Waals surface area contributed by atoms with Gasteiger partial charge in [0.1, 0.15) is 5.75 Å². The van der Waals surface area contributed by atoms with Crippen molar-refractivity contribution in [2.75, 3.05) is 12.4 Å². The highest BCUT2D eigenvalue weighted by Gasteiger charge is 2.10. The van der Waals surface area contributed by atoms with Crippen molar-refractivity contribution in [1.29, 1.82) is 0 Å². The number of para-hydroxylation sites is 3. The number of aromatic nitrogens is 1. The molecule has 3 rings (SSSR count). The highest BCUT2D eigenvalue weighted by atomic mass is 16.5. The molecule has 0 saturated heterocycles. The van der Waals surface area contributed by atoms with Crippen LogP contribution in [0.1, 0.15) is 5.56 Å². The van der Waals surface area contributed by atoms with E-state index in [0.29, 0.717) is 11.4 Å². The number of methoxy groups -OCH3 is 1. The lowest BCUT2D eigenvalue weighted by Gasteiger charge is -2.10. The lowest BCUT2D eigenvalue weighted by atomic mass is 10.1. The van der Waals surface area contributed by atoms with E-state index in [4.69, 9.17) is 4.74 Å². The van der Waals surface area contributed by atoms with Gasteiger partial charge in [-0.25, -0.2) is 0 Å². The third kappa shape index (κ3) is 2.91. The standard InChI is InChI=1S/C18H16N2O2/c1-22-16-10-3-2-9-15(16)20-17(21)12-14-7-4-6-13-8-5-11-19-18(13)14/h2-11H,12H2,1H3,(H,20,21). The molecular weight excluding hydrogens is 276 g/mol. The summed E-state index contributed by atoms with van der Waals surface area (Å²) in [4.78, 5) is 16.7. The van der Waals surface area contributed by atoms with Crippen LogP contribution >= 0.6 is 0 Å². The van der Waals surface area contributed by atoms with E-state index in [1.54, 1.807) is 13.3 Å². The quantitative estimate of drug-likeness (QED) is 0.801. The predicted octanol–water partition coefficient (Wildman–Crippen LogP) is 3.42. The van der Waals surface area contributed by atoms with Gasteiger partial charge in [-0.05, 0) is 23.8 Å². The van der Waals surface area contributed by atoms with Crippen LogP contribution in [-0.2, 0) is 11.2 Å². The molecule has 1 amide bonds. The van der Waals surface area contributed by atoms with E-state index in [9.17, 15) is 4.79 Å². The second-order valence-electron chi connectivity index (χ2n) is 4.92. The molecule has 0 aliphatic carbocycles.